The Labute approximate surface area is 127 Å². The van der Waals surface area contributed by atoms with Crippen molar-refractivity contribution in [3.05, 3.63) is 0 Å². The van der Waals surface area contributed by atoms with Crippen LogP contribution >= 0.6 is 11.8 Å². The molecule has 0 radical (unpaired) electrons. The summed E-state index contributed by atoms with van der Waals surface area (Å²) < 4.78 is 11.9. The molecule has 3 aliphatic heterocycles. The van der Waals surface area contributed by atoms with Gasteiger partial charge in [-0.1, -0.05) is 0 Å². The number of thioether (sulfide) groups is 1. The lowest BCUT2D eigenvalue weighted by molar-refractivity contribution is -0.0843. The third-order valence-electron chi connectivity index (χ3n) is 5.30. The number of hydrogen-bond donors (Lipinski definition) is 1. The number of nitrogens with two attached hydrogens (primary N) is 1. The van der Waals surface area contributed by atoms with Crippen molar-refractivity contribution in [1.29, 1.82) is 0 Å². The van der Waals surface area contributed by atoms with Gasteiger partial charge in [-0.2, -0.15) is 11.8 Å². The third kappa shape index (κ3) is 3.70. The maximum atomic E-state index is 6.50. The second-order valence-electron chi connectivity index (χ2n) is 6.82. The highest BCUT2D eigenvalue weighted by Gasteiger charge is 2.41. The first-order chi connectivity index (χ1) is 9.77. The van der Waals surface area contributed by atoms with E-state index in [1.54, 1.807) is 0 Å². The van der Waals surface area contributed by atoms with Crippen LogP contribution in [0.1, 0.15) is 51.4 Å². The summed E-state index contributed by atoms with van der Waals surface area (Å²) in [4.78, 5) is 0. The van der Waals surface area contributed by atoms with Crippen LogP contribution in [0.15, 0.2) is 0 Å². The van der Waals surface area contributed by atoms with E-state index < -0.39 is 0 Å². The molecule has 0 aromatic rings. The lowest BCUT2D eigenvalue weighted by Crippen LogP contribution is -2.45. The predicted octanol–water partition coefficient (Wildman–Crippen LogP) is 2.97. The van der Waals surface area contributed by atoms with E-state index in [-0.39, 0.29) is 5.60 Å². The van der Waals surface area contributed by atoms with Crippen molar-refractivity contribution in [2.45, 2.75) is 69.1 Å². The van der Waals surface area contributed by atoms with Gasteiger partial charge in [0.05, 0.1) is 11.7 Å². The van der Waals surface area contributed by atoms with Crippen LogP contribution in [0.2, 0.25) is 0 Å². The molecule has 3 saturated heterocycles. The molecule has 0 bridgehead atoms. The molecule has 20 heavy (non-hydrogen) atoms. The fourth-order valence-corrected chi connectivity index (χ4v) is 5.32. The quantitative estimate of drug-likeness (QED) is 0.867. The normalized spacial score (nSPS) is 40.0. The van der Waals surface area contributed by atoms with Gasteiger partial charge in [0.1, 0.15) is 0 Å². The van der Waals surface area contributed by atoms with Crippen molar-refractivity contribution in [1.82, 2.24) is 0 Å². The summed E-state index contributed by atoms with van der Waals surface area (Å²) in [5.74, 6) is 3.10. The smallest absolute Gasteiger partial charge is 0.0783 e. The fourth-order valence-electron chi connectivity index (χ4n) is 3.94. The molecule has 3 heterocycles. The third-order valence-corrected chi connectivity index (χ3v) is 6.52. The number of hydrogen-bond acceptors (Lipinski definition) is 4. The second-order valence-corrected chi connectivity index (χ2v) is 7.92. The van der Waals surface area contributed by atoms with Crippen molar-refractivity contribution in [2.24, 2.45) is 11.7 Å². The first kappa shape index (κ1) is 15.1. The largest absolute Gasteiger partial charge is 0.378 e. The summed E-state index contributed by atoms with van der Waals surface area (Å²) in [5.41, 5.74) is 6.67. The first-order valence-corrected chi connectivity index (χ1v) is 9.52. The van der Waals surface area contributed by atoms with E-state index in [0.717, 1.165) is 32.5 Å². The average molecular weight is 299 g/mol. The zero-order valence-corrected chi connectivity index (χ0v) is 13.3. The summed E-state index contributed by atoms with van der Waals surface area (Å²) in [6.45, 7) is 1.87. The Balaban J connectivity index is 1.45. The predicted molar refractivity (Wildman–Crippen MR) is 84.1 cm³/mol. The molecule has 3 rings (SSSR count). The maximum absolute atomic E-state index is 6.50. The highest BCUT2D eigenvalue weighted by atomic mass is 32.2. The van der Waals surface area contributed by atoms with Crippen molar-refractivity contribution in [3.63, 3.8) is 0 Å². The van der Waals surface area contributed by atoms with Gasteiger partial charge in [0.25, 0.3) is 0 Å². The highest BCUT2D eigenvalue weighted by Crippen LogP contribution is 2.41. The van der Waals surface area contributed by atoms with Gasteiger partial charge in [0.15, 0.2) is 0 Å². The van der Waals surface area contributed by atoms with E-state index in [4.69, 9.17) is 15.2 Å². The summed E-state index contributed by atoms with van der Waals surface area (Å²) >= 11 is 2.04. The molecule has 2 N–H and O–H groups in total. The van der Waals surface area contributed by atoms with E-state index in [9.17, 15) is 0 Å². The summed E-state index contributed by atoms with van der Waals surface area (Å²) in [6.07, 6.45) is 10.1. The van der Waals surface area contributed by atoms with E-state index in [2.05, 4.69) is 0 Å². The highest BCUT2D eigenvalue weighted by molar-refractivity contribution is 7.99. The van der Waals surface area contributed by atoms with E-state index in [1.807, 2.05) is 11.8 Å². The number of ether oxygens (including phenoxy) is 2. The molecule has 4 heteroatoms. The Morgan fingerprint density at radius 3 is 2.95 bits per heavy atom. The van der Waals surface area contributed by atoms with Gasteiger partial charge in [0.2, 0.25) is 0 Å². The lowest BCUT2D eigenvalue weighted by atomic mass is 9.80. The Hall–Kier alpha value is 0.230. The van der Waals surface area contributed by atoms with Gasteiger partial charge in [-0.3, -0.25) is 0 Å². The molecule has 0 aromatic heterocycles. The van der Waals surface area contributed by atoms with Gasteiger partial charge in [-0.15, -0.1) is 0 Å². The van der Waals surface area contributed by atoms with Gasteiger partial charge in [-0.25, -0.2) is 0 Å². The molecule has 4 unspecified atom stereocenters. The molecule has 0 saturated carbocycles. The minimum absolute atomic E-state index is 0.173. The number of rotatable bonds is 4. The van der Waals surface area contributed by atoms with E-state index in [1.165, 1.54) is 43.6 Å². The van der Waals surface area contributed by atoms with Gasteiger partial charge < -0.3 is 15.2 Å². The molecule has 0 aliphatic carbocycles. The molecule has 0 aromatic carbocycles. The Kier molecular flexibility index (Phi) is 5.29. The molecule has 0 amide bonds. The van der Waals surface area contributed by atoms with Crippen molar-refractivity contribution in [2.75, 3.05) is 24.7 Å². The van der Waals surface area contributed by atoms with Gasteiger partial charge in [0, 0.05) is 25.0 Å². The van der Waals surface area contributed by atoms with E-state index in [0.29, 0.717) is 18.1 Å². The van der Waals surface area contributed by atoms with Gasteiger partial charge in [-0.05, 0) is 63.0 Å². The maximum Gasteiger partial charge on any atom is 0.0783 e. The van der Waals surface area contributed by atoms with Crippen LogP contribution in [-0.4, -0.2) is 42.5 Å². The molecule has 3 nitrogen and oxygen atoms in total. The standard InChI is InChI=1S/C16H29NO2S/c17-15(5-4-14-3-1-2-8-18-14)13-6-9-19-16(11-13)7-10-20-12-16/h13-15H,1-12,17H2. The first-order valence-electron chi connectivity index (χ1n) is 8.36. The zero-order chi connectivity index (χ0) is 13.8. The molecule has 3 fully saturated rings. The Morgan fingerprint density at radius 2 is 2.20 bits per heavy atom. The molecule has 1 spiro atoms. The molecular weight excluding hydrogens is 270 g/mol. The minimum Gasteiger partial charge on any atom is -0.378 e. The topological polar surface area (TPSA) is 44.5 Å². The van der Waals surface area contributed by atoms with Crippen molar-refractivity contribution >= 4 is 11.8 Å². The van der Waals surface area contributed by atoms with Crippen LogP contribution < -0.4 is 5.73 Å². The van der Waals surface area contributed by atoms with Crippen LogP contribution in [0, 0.1) is 5.92 Å². The zero-order valence-electron chi connectivity index (χ0n) is 12.5. The average Bonchev–Trinajstić information content (AvgIpc) is 2.93. The monoisotopic (exact) mass is 299 g/mol. The lowest BCUT2D eigenvalue weighted by Gasteiger charge is -2.40. The Bertz CT molecular complexity index is 301. The molecule has 4 atom stereocenters. The fraction of sp³-hybridized carbons (Fsp3) is 1.00. The SMILES string of the molecule is NC(CCC1CCCCO1)C1CCOC2(CCSC2)C1. The minimum atomic E-state index is 0.173. The van der Waals surface area contributed by atoms with Crippen molar-refractivity contribution < 1.29 is 9.47 Å². The summed E-state index contributed by atoms with van der Waals surface area (Å²) in [6, 6.07) is 0.340. The van der Waals surface area contributed by atoms with Crippen LogP contribution in [0.25, 0.3) is 0 Å². The van der Waals surface area contributed by atoms with Crippen molar-refractivity contribution in [3.8, 4) is 0 Å². The van der Waals surface area contributed by atoms with E-state index >= 15 is 0 Å². The molecule has 3 aliphatic rings. The van der Waals surface area contributed by atoms with Crippen LogP contribution in [-0.2, 0) is 9.47 Å². The molecular formula is C16H29NO2S. The second kappa shape index (κ2) is 6.99. The van der Waals surface area contributed by atoms with Crippen LogP contribution in [0.4, 0.5) is 0 Å². The van der Waals surface area contributed by atoms with Crippen LogP contribution in [0.3, 0.4) is 0 Å². The Morgan fingerprint density at radius 1 is 1.25 bits per heavy atom. The summed E-state index contributed by atoms with van der Waals surface area (Å²) in [5, 5.41) is 0. The van der Waals surface area contributed by atoms with Crippen LogP contribution in [0.5, 0.6) is 0 Å². The summed E-state index contributed by atoms with van der Waals surface area (Å²) in [7, 11) is 0. The van der Waals surface area contributed by atoms with Gasteiger partial charge >= 0.3 is 0 Å². The molecule has 116 valence electrons.